The molecule has 3 heteroatoms. The Bertz CT molecular complexity index is 3540. The lowest BCUT2D eigenvalue weighted by atomic mass is 9.95. The highest BCUT2D eigenvalue weighted by Crippen LogP contribution is 2.45. The van der Waals surface area contributed by atoms with Crippen LogP contribution in [0.2, 0.25) is 0 Å². The van der Waals surface area contributed by atoms with Crippen LogP contribution in [0.5, 0.6) is 0 Å². The minimum Gasteiger partial charge on any atom is -0.456 e. The van der Waals surface area contributed by atoms with E-state index in [1.54, 1.807) is 0 Å². The summed E-state index contributed by atoms with van der Waals surface area (Å²) in [5.74, 6) is 0. The summed E-state index contributed by atoms with van der Waals surface area (Å²) >= 11 is 0. The zero-order valence-electron chi connectivity index (χ0n) is 31.6. The molecule has 58 heavy (non-hydrogen) atoms. The van der Waals surface area contributed by atoms with Crippen molar-refractivity contribution in [3.05, 3.63) is 217 Å². The van der Waals surface area contributed by atoms with Gasteiger partial charge in [-0.3, -0.25) is 0 Å². The maximum Gasteiger partial charge on any atom is 0.137 e. The van der Waals surface area contributed by atoms with Crippen LogP contribution in [-0.2, 0) is 6.42 Å². The number of para-hydroxylation sites is 4. The van der Waals surface area contributed by atoms with Gasteiger partial charge in [-0.1, -0.05) is 146 Å². The Labute approximate surface area is 335 Å². The van der Waals surface area contributed by atoms with E-state index in [0.29, 0.717) is 6.42 Å². The Morgan fingerprint density at radius 1 is 0.379 bits per heavy atom. The molecule has 2 heterocycles. The Morgan fingerprint density at radius 2 is 1.02 bits per heavy atom. The van der Waals surface area contributed by atoms with E-state index in [0.717, 1.165) is 44.7 Å². The Balaban J connectivity index is 1.15. The molecule has 0 N–H and O–H groups in total. The second-order valence-electron chi connectivity index (χ2n) is 15.3. The van der Waals surface area contributed by atoms with Crippen molar-refractivity contribution in [2.45, 2.75) is 6.42 Å². The van der Waals surface area contributed by atoms with E-state index in [1.165, 1.54) is 65.3 Å². The lowest BCUT2D eigenvalue weighted by molar-refractivity contribution is 0.669. The van der Waals surface area contributed by atoms with Gasteiger partial charge in [-0.15, -0.1) is 0 Å². The molecule has 0 fully saturated rings. The van der Waals surface area contributed by atoms with Crippen LogP contribution < -0.4 is 4.90 Å². The monoisotopic (exact) mass is 740 g/mol. The number of aromatic nitrogens is 1. The molecule has 0 saturated carbocycles. The third-order valence-corrected chi connectivity index (χ3v) is 12.0. The van der Waals surface area contributed by atoms with Crippen LogP contribution in [-0.4, -0.2) is 4.57 Å². The van der Waals surface area contributed by atoms with Crippen LogP contribution in [0.15, 0.2) is 211 Å². The van der Waals surface area contributed by atoms with Gasteiger partial charge < -0.3 is 13.9 Å². The molecule has 0 spiro atoms. The number of anilines is 3. The molecular weight excluding hydrogens is 705 g/mol. The number of nitrogens with zero attached hydrogens (tertiary/aromatic N) is 2. The molecule has 0 atom stereocenters. The minimum absolute atomic E-state index is 0.702. The van der Waals surface area contributed by atoms with Crippen molar-refractivity contribution in [3.8, 4) is 5.69 Å². The summed E-state index contributed by atoms with van der Waals surface area (Å²) in [7, 11) is 0. The van der Waals surface area contributed by atoms with E-state index in [2.05, 4.69) is 216 Å². The van der Waals surface area contributed by atoms with Gasteiger partial charge in [0.2, 0.25) is 0 Å². The number of hydrogen-bond donors (Lipinski definition) is 0. The molecule has 0 aliphatic carbocycles. The van der Waals surface area contributed by atoms with Gasteiger partial charge >= 0.3 is 0 Å². The van der Waals surface area contributed by atoms with Crippen molar-refractivity contribution in [1.82, 2.24) is 4.57 Å². The largest absolute Gasteiger partial charge is 0.456 e. The number of benzene rings is 10. The number of hydrogen-bond acceptors (Lipinski definition) is 2. The highest BCUT2D eigenvalue weighted by molar-refractivity contribution is 6.20. The van der Waals surface area contributed by atoms with Gasteiger partial charge in [-0.25, -0.2) is 0 Å². The Kier molecular flexibility index (Phi) is 7.29. The molecule has 3 nitrogen and oxygen atoms in total. The molecule has 0 aliphatic rings. The van der Waals surface area contributed by atoms with Crippen LogP contribution in [0, 0.1) is 0 Å². The smallest absolute Gasteiger partial charge is 0.137 e. The first-order valence-electron chi connectivity index (χ1n) is 20.0. The first-order valence-corrected chi connectivity index (χ1v) is 20.0. The second kappa shape index (κ2) is 13.0. The third-order valence-electron chi connectivity index (χ3n) is 12.0. The van der Waals surface area contributed by atoms with Crippen molar-refractivity contribution >= 4 is 93.1 Å². The van der Waals surface area contributed by atoms with Crippen LogP contribution >= 0.6 is 0 Å². The lowest BCUT2D eigenvalue weighted by Crippen LogP contribution is -2.10. The summed E-state index contributed by atoms with van der Waals surface area (Å²) in [6.45, 7) is 0. The molecule has 12 rings (SSSR count). The highest BCUT2D eigenvalue weighted by Gasteiger charge is 2.22. The second-order valence-corrected chi connectivity index (χ2v) is 15.3. The van der Waals surface area contributed by atoms with E-state index in [9.17, 15) is 0 Å². The van der Waals surface area contributed by atoms with E-state index in [-0.39, 0.29) is 0 Å². The Morgan fingerprint density at radius 3 is 1.84 bits per heavy atom. The summed E-state index contributed by atoms with van der Waals surface area (Å²) in [5, 5.41) is 12.2. The van der Waals surface area contributed by atoms with E-state index < -0.39 is 0 Å². The van der Waals surface area contributed by atoms with Gasteiger partial charge in [-0.2, -0.15) is 0 Å². The fraction of sp³-hybridized carbons (Fsp3) is 0.0182. The predicted molar refractivity (Wildman–Crippen MR) is 245 cm³/mol. The topological polar surface area (TPSA) is 21.3 Å². The molecule has 0 radical (unpaired) electrons. The first kappa shape index (κ1) is 32.6. The normalized spacial score (nSPS) is 11.9. The molecule has 0 aliphatic heterocycles. The molecular formula is C55H36N2O. The molecule has 272 valence electrons. The molecule has 12 aromatic rings. The van der Waals surface area contributed by atoms with E-state index >= 15 is 0 Å². The average Bonchev–Trinajstić information content (AvgIpc) is 3.84. The van der Waals surface area contributed by atoms with Crippen LogP contribution in [0.25, 0.3) is 81.7 Å². The fourth-order valence-corrected chi connectivity index (χ4v) is 9.44. The maximum atomic E-state index is 6.93. The van der Waals surface area contributed by atoms with Crippen LogP contribution in [0.3, 0.4) is 0 Å². The van der Waals surface area contributed by atoms with Gasteiger partial charge in [-0.05, 0) is 98.0 Å². The minimum atomic E-state index is 0.702. The third kappa shape index (κ3) is 5.07. The van der Waals surface area contributed by atoms with Crippen molar-refractivity contribution in [3.63, 3.8) is 0 Å². The standard InChI is InChI=1S/C55H36N2O/c1-3-17-41(18-4-1)56(43-30-28-38-27-26-36-14-7-9-21-45(36)49(38)34-43)44-33-40(53-52(35-44)58-51-31-29-37-15-8-10-22-46(37)54(51)53)32-39-16-13-24-48-47-23-11-12-25-50(47)57(55(39)48)42-19-5-2-6-20-42/h1-31,33-35H,32H2. The van der Waals surface area contributed by atoms with Gasteiger partial charge in [0.25, 0.3) is 0 Å². The lowest BCUT2D eigenvalue weighted by Gasteiger charge is -2.26. The molecule has 0 saturated heterocycles. The van der Waals surface area contributed by atoms with Crippen molar-refractivity contribution < 1.29 is 4.42 Å². The van der Waals surface area contributed by atoms with Crippen LogP contribution in [0.1, 0.15) is 11.1 Å². The summed E-state index contributed by atoms with van der Waals surface area (Å²) in [6, 6.07) is 74.7. The molecule has 0 bridgehead atoms. The zero-order valence-corrected chi connectivity index (χ0v) is 31.6. The molecule has 2 aromatic heterocycles. The number of furan rings is 1. The van der Waals surface area contributed by atoms with Gasteiger partial charge in [0.1, 0.15) is 11.2 Å². The quantitative estimate of drug-likeness (QED) is 0.158. The van der Waals surface area contributed by atoms with Crippen molar-refractivity contribution in [2.24, 2.45) is 0 Å². The summed E-state index contributed by atoms with van der Waals surface area (Å²) in [6.07, 6.45) is 0.702. The van der Waals surface area contributed by atoms with Gasteiger partial charge in [0.15, 0.2) is 0 Å². The van der Waals surface area contributed by atoms with E-state index in [4.69, 9.17) is 4.42 Å². The van der Waals surface area contributed by atoms with Crippen molar-refractivity contribution in [2.75, 3.05) is 4.90 Å². The highest BCUT2D eigenvalue weighted by atomic mass is 16.3. The predicted octanol–water partition coefficient (Wildman–Crippen LogP) is 15.2. The maximum absolute atomic E-state index is 6.93. The summed E-state index contributed by atoms with van der Waals surface area (Å²) < 4.78 is 9.37. The zero-order chi connectivity index (χ0) is 38.2. The number of fused-ring (bicyclic) bond motifs is 11. The number of rotatable bonds is 6. The van der Waals surface area contributed by atoms with Gasteiger partial charge in [0, 0.05) is 51.1 Å². The molecule has 10 aromatic carbocycles. The first-order chi connectivity index (χ1) is 28.8. The summed E-state index contributed by atoms with van der Waals surface area (Å²) in [4.78, 5) is 2.39. The SMILES string of the molecule is c1ccc(N(c2cc(Cc3cccc4c5ccccc5n(-c5ccccc5)c34)c3c(c2)oc2ccc4ccccc4c23)c2ccc3ccc4ccccc4c3c2)cc1. The van der Waals surface area contributed by atoms with Crippen LogP contribution in [0.4, 0.5) is 17.1 Å². The van der Waals surface area contributed by atoms with E-state index in [1.807, 2.05) is 0 Å². The Hall–Kier alpha value is -7.62. The van der Waals surface area contributed by atoms with Gasteiger partial charge in [0.05, 0.1) is 16.7 Å². The average molecular weight is 741 g/mol. The fourth-order valence-electron chi connectivity index (χ4n) is 9.44. The molecule has 0 amide bonds. The molecule has 0 unspecified atom stereocenters. The van der Waals surface area contributed by atoms with Crippen molar-refractivity contribution in [1.29, 1.82) is 0 Å². The summed E-state index contributed by atoms with van der Waals surface area (Å²) in [5.41, 5.74) is 11.1.